The molecule has 3 heteroatoms. The van der Waals surface area contributed by atoms with Crippen LogP contribution in [-0.4, -0.2) is 19.1 Å². The van der Waals surface area contributed by atoms with E-state index in [1.54, 1.807) is 6.07 Å². The monoisotopic (exact) mass is 288 g/mol. The Labute approximate surface area is 126 Å². The molecule has 0 aromatic heterocycles. The SMILES string of the molecule is Fc1cccc(N(CC2CC2)CC2CC2)c1CNC1CC1. The molecule has 0 saturated heterocycles. The molecule has 0 unspecified atom stereocenters. The van der Waals surface area contributed by atoms with E-state index in [9.17, 15) is 4.39 Å². The Bertz CT molecular complexity index is 490. The first-order valence-corrected chi connectivity index (χ1v) is 8.55. The number of anilines is 1. The van der Waals surface area contributed by atoms with Crippen LogP contribution >= 0.6 is 0 Å². The Kier molecular flexibility index (Phi) is 3.62. The van der Waals surface area contributed by atoms with Gasteiger partial charge in [0, 0.05) is 36.9 Å². The fourth-order valence-corrected chi connectivity index (χ4v) is 3.05. The van der Waals surface area contributed by atoms with Crippen molar-refractivity contribution in [3.8, 4) is 0 Å². The van der Waals surface area contributed by atoms with Gasteiger partial charge in [-0.2, -0.15) is 0 Å². The summed E-state index contributed by atoms with van der Waals surface area (Å²) >= 11 is 0. The Morgan fingerprint density at radius 2 is 1.67 bits per heavy atom. The second-order valence-electron chi connectivity index (χ2n) is 7.18. The molecule has 3 aliphatic carbocycles. The smallest absolute Gasteiger partial charge is 0.129 e. The predicted molar refractivity (Wildman–Crippen MR) is 83.9 cm³/mol. The van der Waals surface area contributed by atoms with Gasteiger partial charge in [0.25, 0.3) is 0 Å². The molecular weight excluding hydrogens is 263 g/mol. The molecule has 3 fully saturated rings. The second-order valence-corrected chi connectivity index (χ2v) is 7.18. The van der Waals surface area contributed by atoms with Crippen LogP contribution in [0.5, 0.6) is 0 Å². The van der Waals surface area contributed by atoms with Crippen molar-refractivity contribution in [3.05, 3.63) is 29.6 Å². The van der Waals surface area contributed by atoms with E-state index in [4.69, 9.17) is 0 Å². The lowest BCUT2D eigenvalue weighted by molar-refractivity contribution is 0.581. The van der Waals surface area contributed by atoms with Crippen LogP contribution in [0.15, 0.2) is 18.2 Å². The number of nitrogens with zero attached hydrogens (tertiary/aromatic N) is 1. The van der Waals surface area contributed by atoms with Crippen molar-refractivity contribution < 1.29 is 4.39 Å². The van der Waals surface area contributed by atoms with E-state index in [-0.39, 0.29) is 5.82 Å². The molecule has 114 valence electrons. The van der Waals surface area contributed by atoms with Gasteiger partial charge in [0.05, 0.1) is 0 Å². The van der Waals surface area contributed by atoms with Crippen LogP contribution in [0.1, 0.15) is 44.1 Å². The van der Waals surface area contributed by atoms with Gasteiger partial charge in [0.2, 0.25) is 0 Å². The minimum Gasteiger partial charge on any atom is -0.371 e. The van der Waals surface area contributed by atoms with E-state index < -0.39 is 0 Å². The zero-order valence-electron chi connectivity index (χ0n) is 12.7. The molecule has 0 aliphatic heterocycles. The van der Waals surface area contributed by atoms with Crippen LogP contribution in [0.2, 0.25) is 0 Å². The highest BCUT2D eigenvalue weighted by Gasteiger charge is 2.31. The summed E-state index contributed by atoms with van der Waals surface area (Å²) in [5.74, 6) is 1.64. The maximum Gasteiger partial charge on any atom is 0.129 e. The Hall–Kier alpha value is -1.09. The van der Waals surface area contributed by atoms with Gasteiger partial charge in [-0.25, -0.2) is 4.39 Å². The van der Waals surface area contributed by atoms with Gasteiger partial charge in [-0.15, -0.1) is 0 Å². The summed E-state index contributed by atoms with van der Waals surface area (Å²) < 4.78 is 14.3. The maximum atomic E-state index is 14.3. The summed E-state index contributed by atoms with van der Waals surface area (Å²) in [6, 6.07) is 6.23. The third-order valence-electron chi connectivity index (χ3n) is 4.93. The molecule has 2 nitrogen and oxygen atoms in total. The summed E-state index contributed by atoms with van der Waals surface area (Å²) in [5.41, 5.74) is 2.02. The molecular formula is C18H25FN2. The summed E-state index contributed by atoms with van der Waals surface area (Å²) in [6.45, 7) is 2.92. The van der Waals surface area contributed by atoms with Crippen molar-refractivity contribution >= 4 is 5.69 Å². The highest BCUT2D eigenvalue weighted by atomic mass is 19.1. The van der Waals surface area contributed by atoms with E-state index >= 15 is 0 Å². The fourth-order valence-electron chi connectivity index (χ4n) is 3.05. The lowest BCUT2D eigenvalue weighted by atomic mass is 10.1. The molecule has 3 saturated carbocycles. The first kappa shape index (κ1) is 13.6. The van der Waals surface area contributed by atoms with Gasteiger partial charge in [0.1, 0.15) is 5.82 Å². The van der Waals surface area contributed by atoms with Crippen molar-refractivity contribution in [2.75, 3.05) is 18.0 Å². The molecule has 0 radical (unpaired) electrons. The molecule has 1 N–H and O–H groups in total. The molecule has 4 rings (SSSR count). The minimum atomic E-state index is -0.0442. The second kappa shape index (κ2) is 5.60. The van der Waals surface area contributed by atoms with Crippen LogP contribution in [0.4, 0.5) is 10.1 Å². The van der Waals surface area contributed by atoms with Crippen LogP contribution in [0.3, 0.4) is 0 Å². The number of benzene rings is 1. The van der Waals surface area contributed by atoms with E-state index in [0.29, 0.717) is 12.6 Å². The number of halogens is 1. The number of rotatable bonds is 8. The molecule has 0 atom stereocenters. The first-order chi connectivity index (χ1) is 10.3. The Morgan fingerprint density at radius 1 is 1.00 bits per heavy atom. The molecule has 1 aromatic rings. The molecule has 21 heavy (non-hydrogen) atoms. The van der Waals surface area contributed by atoms with E-state index in [1.807, 2.05) is 6.07 Å². The summed E-state index contributed by atoms with van der Waals surface area (Å²) in [6.07, 6.45) is 7.91. The van der Waals surface area contributed by atoms with Crippen LogP contribution in [-0.2, 0) is 6.54 Å². The first-order valence-electron chi connectivity index (χ1n) is 8.55. The van der Waals surface area contributed by atoms with Crippen molar-refractivity contribution in [3.63, 3.8) is 0 Å². The van der Waals surface area contributed by atoms with E-state index in [1.165, 1.54) is 38.5 Å². The average Bonchev–Trinajstić information content (AvgIpc) is 3.33. The summed E-state index contributed by atoms with van der Waals surface area (Å²) in [4.78, 5) is 2.47. The summed E-state index contributed by atoms with van der Waals surface area (Å²) in [5, 5.41) is 3.48. The predicted octanol–water partition coefficient (Wildman–Crippen LogP) is 3.70. The van der Waals surface area contributed by atoms with E-state index in [0.717, 1.165) is 36.2 Å². The standard InChI is InChI=1S/C18H25FN2/c19-17-2-1-3-18(16(17)10-20-15-8-9-15)21(11-13-4-5-13)12-14-6-7-14/h1-3,13-15,20H,4-12H2. The van der Waals surface area contributed by atoms with Gasteiger partial charge in [-0.05, 0) is 62.5 Å². The van der Waals surface area contributed by atoms with Crippen molar-refractivity contribution in [1.82, 2.24) is 5.32 Å². The molecule has 0 heterocycles. The zero-order valence-corrected chi connectivity index (χ0v) is 12.7. The van der Waals surface area contributed by atoms with Crippen LogP contribution < -0.4 is 10.2 Å². The third-order valence-corrected chi connectivity index (χ3v) is 4.93. The Morgan fingerprint density at radius 3 is 2.24 bits per heavy atom. The summed E-state index contributed by atoms with van der Waals surface area (Å²) in [7, 11) is 0. The van der Waals surface area contributed by atoms with Crippen LogP contribution in [0, 0.1) is 17.7 Å². The third kappa shape index (κ3) is 3.57. The average molecular weight is 288 g/mol. The van der Waals surface area contributed by atoms with Gasteiger partial charge in [0.15, 0.2) is 0 Å². The fraction of sp³-hybridized carbons (Fsp3) is 0.667. The zero-order chi connectivity index (χ0) is 14.2. The molecule has 0 bridgehead atoms. The van der Waals surface area contributed by atoms with Gasteiger partial charge >= 0.3 is 0 Å². The normalized spacial score (nSPS) is 21.6. The maximum absolute atomic E-state index is 14.3. The molecule has 3 aliphatic rings. The number of nitrogens with one attached hydrogen (secondary N) is 1. The van der Waals surface area contributed by atoms with Crippen molar-refractivity contribution in [2.45, 2.75) is 51.1 Å². The minimum absolute atomic E-state index is 0.0442. The highest BCUT2D eigenvalue weighted by molar-refractivity contribution is 5.54. The molecule has 1 aromatic carbocycles. The number of hydrogen-bond donors (Lipinski definition) is 1. The Balaban J connectivity index is 1.54. The van der Waals surface area contributed by atoms with Crippen molar-refractivity contribution in [1.29, 1.82) is 0 Å². The lowest BCUT2D eigenvalue weighted by Gasteiger charge is -2.28. The topological polar surface area (TPSA) is 15.3 Å². The van der Waals surface area contributed by atoms with Gasteiger partial charge < -0.3 is 10.2 Å². The van der Waals surface area contributed by atoms with Gasteiger partial charge in [-0.3, -0.25) is 0 Å². The van der Waals surface area contributed by atoms with Crippen LogP contribution in [0.25, 0.3) is 0 Å². The molecule has 0 amide bonds. The van der Waals surface area contributed by atoms with Gasteiger partial charge in [-0.1, -0.05) is 6.07 Å². The largest absolute Gasteiger partial charge is 0.371 e. The highest BCUT2D eigenvalue weighted by Crippen LogP contribution is 2.37. The number of hydrogen-bond acceptors (Lipinski definition) is 2. The van der Waals surface area contributed by atoms with E-state index in [2.05, 4.69) is 16.3 Å². The quantitative estimate of drug-likeness (QED) is 0.784. The lowest BCUT2D eigenvalue weighted by Crippen LogP contribution is -2.30. The van der Waals surface area contributed by atoms with Crippen molar-refractivity contribution in [2.24, 2.45) is 11.8 Å². The molecule has 0 spiro atoms.